The van der Waals surface area contributed by atoms with E-state index in [9.17, 15) is 9.59 Å². The number of carbonyl (C=O) groups excluding carboxylic acids is 2. The molecule has 0 aliphatic carbocycles. The van der Waals surface area contributed by atoms with Gasteiger partial charge in [0.2, 0.25) is 0 Å². The zero-order chi connectivity index (χ0) is 18.2. The molecular formula is C18H24N2O5. The molecule has 0 radical (unpaired) electrons. The highest BCUT2D eigenvalue weighted by Crippen LogP contribution is 2.23. The number of methoxy groups -OCH3 is 2. The Morgan fingerprint density at radius 1 is 1.20 bits per heavy atom. The molecule has 0 unspecified atom stereocenters. The minimum atomic E-state index is -0.345. The second-order valence-corrected chi connectivity index (χ2v) is 5.70. The van der Waals surface area contributed by atoms with Crippen LogP contribution in [-0.2, 0) is 4.74 Å². The van der Waals surface area contributed by atoms with Crippen LogP contribution >= 0.6 is 0 Å². The number of hydrogen-bond acceptors (Lipinski definition) is 5. The van der Waals surface area contributed by atoms with E-state index < -0.39 is 0 Å². The van der Waals surface area contributed by atoms with Crippen molar-refractivity contribution in [3.05, 3.63) is 36.4 Å². The summed E-state index contributed by atoms with van der Waals surface area (Å²) in [7, 11) is 3.08. The fourth-order valence-electron chi connectivity index (χ4n) is 2.64. The molecule has 0 aromatic heterocycles. The highest BCUT2D eigenvalue weighted by molar-refractivity contribution is 5.95. The molecule has 2 amide bonds. The van der Waals surface area contributed by atoms with E-state index in [2.05, 4.69) is 11.9 Å². The largest absolute Gasteiger partial charge is 0.497 e. The molecule has 2 rings (SSSR count). The van der Waals surface area contributed by atoms with Crippen molar-refractivity contribution >= 4 is 12.0 Å². The van der Waals surface area contributed by atoms with Gasteiger partial charge in [0.25, 0.3) is 5.91 Å². The monoisotopic (exact) mass is 348 g/mol. The van der Waals surface area contributed by atoms with Crippen molar-refractivity contribution in [2.75, 3.05) is 33.9 Å². The molecule has 1 fully saturated rings. The van der Waals surface area contributed by atoms with Crippen LogP contribution in [0.1, 0.15) is 23.2 Å². The first-order valence-corrected chi connectivity index (χ1v) is 8.14. The van der Waals surface area contributed by atoms with Gasteiger partial charge in [0, 0.05) is 30.8 Å². The number of rotatable bonds is 6. The van der Waals surface area contributed by atoms with Gasteiger partial charge in [0.1, 0.15) is 18.1 Å². The summed E-state index contributed by atoms with van der Waals surface area (Å²) in [5, 5.41) is 3.00. The van der Waals surface area contributed by atoms with Crippen LogP contribution in [0.25, 0.3) is 0 Å². The number of ether oxygens (including phenoxy) is 3. The number of likely N-dealkylation sites (tertiary alicyclic amines) is 1. The van der Waals surface area contributed by atoms with Gasteiger partial charge < -0.3 is 24.4 Å². The van der Waals surface area contributed by atoms with E-state index in [1.165, 1.54) is 20.3 Å². The average Bonchev–Trinajstić information content (AvgIpc) is 2.66. The van der Waals surface area contributed by atoms with Crippen LogP contribution < -0.4 is 14.8 Å². The minimum absolute atomic E-state index is 0.00755. The number of carbonyl (C=O) groups is 2. The maximum Gasteiger partial charge on any atom is 0.410 e. The molecule has 1 aromatic carbocycles. The van der Waals surface area contributed by atoms with Gasteiger partial charge in [0.05, 0.1) is 14.2 Å². The summed E-state index contributed by atoms with van der Waals surface area (Å²) >= 11 is 0. The SMILES string of the molecule is C=CCOC(=O)N1CCC(NC(=O)c2cc(OC)cc(OC)c2)CC1. The van der Waals surface area contributed by atoms with Crippen LogP contribution in [0.15, 0.2) is 30.9 Å². The highest BCUT2D eigenvalue weighted by atomic mass is 16.6. The first-order chi connectivity index (χ1) is 12.1. The van der Waals surface area contributed by atoms with Gasteiger partial charge in [-0.05, 0) is 25.0 Å². The Hall–Kier alpha value is -2.70. The number of piperidine rings is 1. The predicted octanol–water partition coefficient (Wildman–Crippen LogP) is 2.22. The van der Waals surface area contributed by atoms with E-state index in [1.54, 1.807) is 23.1 Å². The van der Waals surface area contributed by atoms with Crippen LogP contribution in [0.4, 0.5) is 4.79 Å². The number of benzene rings is 1. The maximum absolute atomic E-state index is 12.5. The lowest BCUT2D eigenvalue weighted by atomic mass is 10.0. The topological polar surface area (TPSA) is 77.1 Å². The van der Waals surface area contributed by atoms with Crippen molar-refractivity contribution in [1.29, 1.82) is 0 Å². The molecule has 1 aliphatic rings. The average molecular weight is 348 g/mol. The Kier molecular flexibility index (Phi) is 6.68. The summed E-state index contributed by atoms with van der Waals surface area (Å²) in [5.41, 5.74) is 0.476. The van der Waals surface area contributed by atoms with Crippen molar-refractivity contribution in [3.8, 4) is 11.5 Å². The normalized spacial score (nSPS) is 14.6. The number of nitrogens with one attached hydrogen (secondary N) is 1. The fourth-order valence-corrected chi connectivity index (χ4v) is 2.64. The summed E-state index contributed by atoms with van der Waals surface area (Å²) in [6.45, 7) is 4.80. The molecule has 7 nitrogen and oxygen atoms in total. The summed E-state index contributed by atoms with van der Waals surface area (Å²) in [6.07, 6.45) is 2.54. The van der Waals surface area contributed by atoms with Gasteiger partial charge in [-0.15, -0.1) is 0 Å². The Balaban J connectivity index is 1.90. The van der Waals surface area contributed by atoms with Gasteiger partial charge in [-0.2, -0.15) is 0 Å². The lowest BCUT2D eigenvalue weighted by Gasteiger charge is -2.31. The van der Waals surface area contributed by atoms with Gasteiger partial charge in [-0.1, -0.05) is 12.7 Å². The third kappa shape index (κ3) is 5.14. The summed E-state index contributed by atoms with van der Waals surface area (Å²) < 4.78 is 15.4. The third-order valence-electron chi connectivity index (χ3n) is 4.03. The lowest BCUT2D eigenvalue weighted by molar-refractivity contribution is 0.0873. The predicted molar refractivity (Wildman–Crippen MR) is 93.2 cm³/mol. The van der Waals surface area contributed by atoms with Crippen molar-refractivity contribution < 1.29 is 23.8 Å². The zero-order valence-electron chi connectivity index (χ0n) is 14.6. The molecule has 7 heteroatoms. The molecule has 1 N–H and O–H groups in total. The van der Waals surface area contributed by atoms with E-state index in [0.29, 0.717) is 43.0 Å². The molecule has 1 heterocycles. The maximum atomic E-state index is 12.5. The van der Waals surface area contributed by atoms with Crippen LogP contribution in [0.3, 0.4) is 0 Å². The van der Waals surface area contributed by atoms with Crippen molar-refractivity contribution in [1.82, 2.24) is 10.2 Å². The summed E-state index contributed by atoms with van der Waals surface area (Å²) in [6, 6.07) is 5.05. The van der Waals surface area contributed by atoms with Crippen molar-refractivity contribution in [2.45, 2.75) is 18.9 Å². The second-order valence-electron chi connectivity index (χ2n) is 5.70. The molecule has 1 aliphatic heterocycles. The first-order valence-electron chi connectivity index (χ1n) is 8.14. The van der Waals surface area contributed by atoms with Crippen LogP contribution in [-0.4, -0.2) is 56.9 Å². The van der Waals surface area contributed by atoms with Gasteiger partial charge >= 0.3 is 6.09 Å². The number of hydrogen-bond donors (Lipinski definition) is 1. The van der Waals surface area contributed by atoms with Gasteiger partial charge in [0.15, 0.2) is 0 Å². The lowest BCUT2D eigenvalue weighted by Crippen LogP contribution is -2.46. The molecule has 0 atom stereocenters. The quantitative estimate of drug-likeness (QED) is 0.798. The van der Waals surface area contributed by atoms with Crippen LogP contribution in [0.2, 0.25) is 0 Å². The highest BCUT2D eigenvalue weighted by Gasteiger charge is 2.25. The van der Waals surface area contributed by atoms with Crippen LogP contribution in [0, 0.1) is 0 Å². The Labute approximate surface area is 147 Å². The molecule has 25 heavy (non-hydrogen) atoms. The number of amides is 2. The van der Waals surface area contributed by atoms with E-state index >= 15 is 0 Å². The molecule has 0 bridgehead atoms. The molecule has 1 aromatic rings. The molecule has 136 valence electrons. The van der Waals surface area contributed by atoms with Gasteiger partial charge in [-0.25, -0.2) is 4.79 Å². The Bertz CT molecular complexity index is 602. The van der Waals surface area contributed by atoms with Crippen molar-refractivity contribution in [3.63, 3.8) is 0 Å². The van der Waals surface area contributed by atoms with E-state index in [-0.39, 0.29) is 24.6 Å². The molecular weight excluding hydrogens is 324 g/mol. The molecule has 0 spiro atoms. The van der Waals surface area contributed by atoms with Crippen molar-refractivity contribution in [2.24, 2.45) is 0 Å². The standard InChI is InChI=1S/C18H24N2O5/c1-4-9-25-18(22)20-7-5-14(6-8-20)19-17(21)13-10-15(23-2)12-16(11-13)24-3/h4,10-12,14H,1,5-9H2,2-3H3,(H,19,21). The molecule has 1 saturated heterocycles. The third-order valence-corrected chi connectivity index (χ3v) is 4.03. The van der Waals surface area contributed by atoms with Crippen LogP contribution in [0.5, 0.6) is 11.5 Å². The Morgan fingerprint density at radius 2 is 1.80 bits per heavy atom. The van der Waals surface area contributed by atoms with E-state index in [4.69, 9.17) is 14.2 Å². The Morgan fingerprint density at radius 3 is 2.32 bits per heavy atom. The fraction of sp³-hybridized carbons (Fsp3) is 0.444. The smallest absolute Gasteiger partial charge is 0.410 e. The molecule has 0 saturated carbocycles. The van der Waals surface area contributed by atoms with E-state index in [0.717, 1.165) is 0 Å². The second kappa shape index (κ2) is 8.96. The zero-order valence-corrected chi connectivity index (χ0v) is 14.6. The number of nitrogens with zero attached hydrogens (tertiary/aromatic N) is 1. The summed E-state index contributed by atoms with van der Waals surface area (Å²) in [4.78, 5) is 25.9. The van der Waals surface area contributed by atoms with E-state index in [1.807, 2.05) is 0 Å². The first kappa shape index (κ1) is 18.6. The minimum Gasteiger partial charge on any atom is -0.497 e. The summed E-state index contributed by atoms with van der Waals surface area (Å²) in [5.74, 6) is 0.929. The van der Waals surface area contributed by atoms with Gasteiger partial charge in [-0.3, -0.25) is 4.79 Å².